The van der Waals surface area contributed by atoms with Gasteiger partial charge >= 0.3 is 0 Å². The fourth-order valence-corrected chi connectivity index (χ4v) is 3.24. The van der Waals surface area contributed by atoms with Crippen molar-refractivity contribution in [1.82, 2.24) is 5.32 Å². The number of carbonyl (C=O) groups is 2. The Kier molecular flexibility index (Phi) is 5.99. The van der Waals surface area contributed by atoms with Gasteiger partial charge in [0.15, 0.2) is 0 Å². The molecule has 2 rings (SSSR count). The zero-order chi connectivity index (χ0) is 17.7. The SMILES string of the molecule is CCOC1(C(=O)Nc2ccc(C(=O)NC(C)C)c(C)c2)CCCC1. The van der Waals surface area contributed by atoms with Crippen molar-refractivity contribution in [2.24, 2.45) is 0 Å². The molecule has 0 atom stereocenters. The maximum absolute atomic E-state index is 12.7. The van der Waals surface area contributed by atoms with Crippen LogP contribution in [0, 0.1) is 6.92 Å². The van der Waals surface area contributed by atoms with Crippen LogP contribution in [0.1, 0.15) is 62.4 Å². The third kappa shape index (κ3) is 4.15. The van der Waals surface area contributed by atoms with E-state index >= 15 is 0 Å². The summed E-state index contributed by atoms with van der Waals surface area (Å²) in [7, 11) is 0. The summed E-state index contributed by atoms with van der Waals surface area (Å²) in [6.07, 6.45) is 3.56. The van der Waals surface area contributed by atoms with Gasteiger partial charge in [0.2, 0.25) is 0 Å². The molecule has 1 fully saturated rings. The van der Waals surface area contributed by atoms with Crippen molar-refractivity contribution in [3.63, 3.8) is 0 Å². The molecule has 0 spiro atoms. The number of carbonyl (C=O) groups excluding carboxylic acids is 2. The van der Waals surface area contributed by atoms with Crippen LogP contribution in [0.25, 0.3) is 0 Å². The quantitative estimate of drug-likeness (QED) is 0.839. The summed E-state index contributed by atoms with van der Waals surface area (Å²) in [6.45, 7) is 8.17. The Morgan fingerprint density at radius 3 is 2.46 bits per heavy atom. The zero-order valence-electron chi connectivity index (χ0n) is 15.1. The molecule has 1 saturated carbocycles. The third-order valence-electron chi connectivity index (χ3n) is 4.39. The lowest BCUT2D eigenvalue weighted by Gasteiger charge is -2.27. The molecule has 0 aliphatic heterocycles. The van der Waals surface area contributed by atoms with Crippen LogP contribution in [0.15, 0.2) is 18.2 Å². The maximum atomic E-state index is 12.7. The number of anilines is 1. The van der Waals surface area contributed by atoms with Gasteiger partial charge in [0, 0.05) is 23.9 Å². The second-order valence-electron chi connectivity index (χ2n) is 6.75. The van der Waals surface area contributed by atoms with Crippen LogP contribution in [0.4, 0.5) is 5.69 Å². The molecule has 2 amide bonds. The van der Waals surface area contributed by atoms with Crippen molar-refractivity contribution in [2.75, 3.05) is 11.9 Å². The number of aryl methyl sites for hydroxylation is 1. The molecule has 1 aliphatic rings. The number of hydrogen-bond donors (Lipinski definition) is 2. The largest absolute Gasteiger partial charge is 0.365 e. The van der Waals surface area contributed by atoms with Crippen LogP contribution < -0.4 is 10.6 Å². The molecule has 0 aromatic heterocycles. The van der Waals surface area contributed by atoms with Gasteiger partial charge in [0.05, 0.1) is 0 Å². The first-order valence-corrected chi connectivity index (χ1v) is 8.75. The van der Waals surface area contributed by atoms with E-state index in [1.165, 1.54) is 0 Å². The second-order valence-corrected chi connectivity index (χ2v) is 6.75. The van der Waals surface area contributed by atoms with Gasteiger partial charge in [0.25, 0.3) is 11.8 Å². The molecule has 0 unspecified atom stereocenters. The molecule has 2 N–H and O–H groups in total. The van der Waals surface area contributed by atoms with Gasteiger partial charge in [-0.25, -0.2) is 0 Å². The number of amides is 2. The minimum atomic E-state index is -0.698. The molecule has 0 heterocycles. The lowest BCUT2D eigenvalue weighted by molar-refractivity contribution is -0.140. The van der Waals surface area contributed by atoms with Crippen LogP contribution in [0.3, 0.4) is 0 Å². The molecule has 1 aromatic carbocycles. The first kappa shape index (κ1) is 18.5. The highest BCUT2D eigenvalue weighted by Gasteiger charge is 2.42. The van der Waals surface area contributed by atoms with Gasteiger partial charge in [-0.15, -0.1) is 0 Å². The summed E-state index contributed by atoms with van der Waals surface area (Å²) in [5, 5.41) is 5.84. The van der Waals surface area contributed by atoms with E-state index in [1.54, 1.807) is 12.1 Å². The summed E-state index contributed by atoms with van der Waals surface area (Å²) in [5.41, 5.74) is 1.46. The third-order valence-corrected chi connectivity index (χ3v) is 4.39. The average molecular weight is 332 g/mol. The molecule has 0 saturated heterocycles. The fourth-order valence-electron chi connectivity index (χ4n) is 3.24. The Morgan fingerprint density at radius 1 is 1.25 bits per heavy atom. The van der Waals surface area contributed by atoms with Gasteiger partial charge in [0.1, 0.15) is 5.60 Å². The Bertz CT molecular complexity index is 605. The first-order chi connectivity index (χ1) is 11.4. The van der Waals surface area contributed by atoms with E-state index in [0.717, 1.165) is 31.2 Å². The highest BCUT2D eigenvalue weighted by Crippen LogP contribution is 2.34. The number of hydrogen-bond acceptors (Lipinski definition) is 3. The minimum absolute atomic E-state index is 0.0827. The van der Waals surface area contributed by atoms with Crippen molar-refractivity contribution >= 4 is 17.5 Å². The topological polar surface area (TPSA) is 67.4 Å². The van der Waals surface area contributed by atoms with Gasteiger partial charge in [-0.3, -0.25) is 9.59 Å². The van der Waals surface area contributed by atoms with E-state index in [9.17, 15) is 9.59 Å². The molecule has 0 bridgehead atoms. The lowest BCUT2D eigenvalue weighted by atomic mass is 10.00. The maximum Gasteiger partial charge on any atom is 0.256 e. The number of ether oxygens (including phenoxy) is 1. The molecule has 132 valence electrons. The number of rotatable bonds is 6. The molecule has 1 aliphatic carbocycles. The molecule has 1 aromatic rings. The van der Waals surface area contributed by atoms with Crippen molar-refractivity contribution < 1.29 is 14.3 Å². The van der Waals surface area contributed by atoms with Crippen molar-refractivity contribution in [3.8, 4) is 0 Å². The summed E-state index contributed by atoms with van der Waals surface area (Å²) in [5.74, 6) is -0.178. The molecule has 0 radical (unpaired) electrons. The summed E-state index contributed by atoms with van der Waals surface area (Å²) in [6, 6.07) is 5.45. The van der Waals surface area contributed by atoms with Gasteiger partial charge < -0.3 is 15.4 Å². The predicted octanol–water partition coefficient (Wildman–Crippen LogP) is 3.42. The predicted molar refractivity (Wildman–Crippen MR) is 95.2 cm³/mol. The average Bonchev–Trinajstić information content (AvgIpc) is 2.96. The van der Waals surface area contributed by atoms with Gasteiger partial charge in [-0.2, -0.15) is 0 Å². The lowest BCUT2D eigenvalue weighted by Crippen LogP contribution is -2.43. The van der Waals surface area contributed by atoms with Crippen LogP contribution >= 0.6 is 0 Å². The Hall–Kier alpha value is -1.88. The Labute approximate surface area is 144 Å². The molecular formula is C19H28N2O3. The van der Waals surface area contributed by atoms with E-state index in [4.69, 9.17) is 4.74 Å². The summed E-state index contributed by atoms with van der Waals surface area (Å²) in [4.78, 5) is 24.8. The molecular weight excluding hydrogens is 304 g/mol. The van der Waals surface area contributed by atoms with Crippen LogP contribution in [-0.2, 0) is 9.53 Å². The smallest absolute Gasteiger partial charge is 0.256 e. The fraction of sp³-hybridized carbons (Fsp3) is 0.579. The minimum Gasteiger partial charge on any atom is -0.365 e. The highest BCUT2D eigenvalue weighted by molar-refractivity contribution is 5.99. The number of benzene rings is 1. The molecule has 5 nitrogen and oxygen atoms in total. The van der Waals surface area contributed by atoms with Crippen LogP contribution in [0.5, 0.6) is 0 Å². The van der Waals surface area contributed by atoms with Crippen molar-refractivity contribution in [3.05, 3.63) is 29.3 Å². The van der Waals surface area contributed by atoms with Crippen LogP contribution in [-0.4, -0.2) is 30.1 Å². The van der Waals surface area contributed by atoms with Gasteiger partial charge in [-0.1, -0.05) is 0 Å². The molecule has 5 heteroatoms. The van der Waals surface area contributed by atoms with Crippen LogP contribution in [0.2, 0.25) is 0 Å². The van der Waals surface area contributed by atoms with E-state index in [-0.39, 0.29) is 17.9 Å². The zero-order valence-corrected chi connectivity index (χ0v) is 15.1. The first-order valence-electron chi connectivity index (χ1n) is 8.75. The van der Waals surface area contributed by atoms with Crippen molar-refractivity contribution in [2.45, 2.75) is 65.0 Å². The van der Waals surface area contributed by atoms with E-state index in [0.29, 0.717) is 17.9 Å². The summed E-state index contributed by atoms with van der Waals surface area (Å²) >= 11 is 0. The van der Waals surface area contributed by atoms with Crippen molar-refractivity contribution in [1.29, 1.82) is 0 Å². The second kappa shape index (κ2) is 7.79. The normalized spacial score (nSPS) is 16.2. The monoisotopic (exact) mass is 332 g/mol. The van der Waals surface area contributed by atoms with E-state index in [1.807, 2.05) is 33.8 Å². The summed E-state index contributed by atoms with van der Waals surface area (Å²) < 4.78 is 5.78. The van der Waals surface area contributed by atoms with E-state index in [2.05, 4.69) is 10.6 Å². The highest BCUT2D eigenvalue weighted by atomic mass is 16.5. The number of nitrogens with one attached hydrogen (secondary N) is 2. The Morgan fingerprint density at radius 2 is 1.92 bits per heavy atom. The standard InChI is InChI=1S/C19H28N2O3/c1-5-24-19(10-6-7-11-19)18(23)21-15-8-9-16(14(4)12-15)17(22)20-13(2)3/h8-9,12-13H,5-7,10-11H2,1-4H3,(H,20,22)(H,21,23). The molecule has 24 heavy (non-hydrogen) atoms. The van der Waals surface area contributed by atoms with E-state index < -0.39 is 5.60 Å². The Balaban J connectivity index is 2.11. The van der Waals surface area contributed by atoms with Gasteiger partial charge in [-0.05, 0) is 77.1 Å².